The van der Waals surface area contributed by atoms with E-state index in [1.54, 1.807) is 0 Å². The number of furan rings is 1. The Hall–Kier alpha value is -6.84. The van der Waals surface area contributed by atoms with Crippen LogP contribution >= 0.6 is 0 Å². The number of fused-ring (bicyclic) bond motifs is 15. The van der Waals surface area contributed by atoms with Gasteiger partial charge in [-0.05, 0) is 104 Å². The Labute approximate surface area is 338 Å². The van der Waals surface area contributed by atoms with Crippen LogP contribution in [0.5, 0.6) is 11.5 Å². The van der Waals surface area contributed by atoms with Gasteiger partial charge in [-0.2, -0.15) is 0 Å². The summed E-state index contributed by atoms with van der Waals surface area (Å²) in [4.78, 5) is 2.47. The van der Waals surface area contributed by atoms with Crippen LogP contribution in [-0.2, 0) is 16.2 Å². The Morgan fingerprint density at radius 1 is 0.414 bits per heavy atom. The van der Waals surface area contributed by atoms with Gasteiger partial charge in [0.15, 0.2) is 0 Å². The molecule has 3 heteroatoms. The molecule has 12 rings (SSSR count). The Bertz CT molecular complexity index is 3120. The molecule has 1 aliphatic heterocycles. The van der Waals surface area contributed by atoms with Crippen molar-refractivity contribution in [2.24, 2.45) is 0 Å². The summed E-state index contributed by atoms with van der Waals surface area (Å²) < 4.78 is 13.6. The van der Waals surface area contributed by atoms with Crippen molar-refractivity contribution < 1.29 is 9.15 Å². The van der Waals surface area contributed by atoms with Crippen LogP contribution in [0.4, 0.5) is 17.1 Å². The molecule has 58 heavy (non-hydrogen) atoms. The summed E-state index contributed by atoms with van der Waals surface area (Å²) in [6.45, 7) is 9.60. The number of para-hydroxylation sites is 3. The molecule has 0 unspecified atom stereocenters. The van der Waals surface area contributed by atoms with Crippen LogP contribution in [0.2, 0.25) is 0 Å². The second-order valence-electron chi connectivity index (χ2n) is 17.2. The fourth-order valence-corrected chi connectivity index (χ4v) is 10.8. The molecule has 0 N–H and O–H groups in total. The Balaban J connectivity index is 1.16. The molecule has 0 saturated heterocycles. The molecule has 1 spiro atoms. The molecule has 0 saturated carbocycles. The van der Waals surface area contributed by atoms with E-state index in [-0.39, 0.29) is 10.8 Å². The van der Waals surface area contributed by atoms with Gasteiger partial charge in [0.2, 0.25) is 0 Å². The summed E-state index contributed by atoms with van der Waals surface area (Å²) in [6.07, 6.45) is 0. The minimum Gasteiger partial charge on any atom is -0.457 e. The lowest BCUT2D eigenvalue weighted by molar-refractivity contribution is 0.299. The number of hydrogen-bond acceptors (Lipinski definition) is 3. The standard InChI is InChI=1S/C55H41NO2/c1-53(2)39-22-10-9-21-36(39)51-43(54(53,3)4)26-16-27-45(51)56(34-18-6-5-7-19-34)46-28-17-31-49-52(46)38-32-37-35-20-8-11-23-40(35)55(44(37)33-50(38)58-49)41-24-12-14-29-47(41)57-48-30-15-13-25-42(48)55/h5-33H,1-4H3. The van der Waals surface area contributed by atoms with Crippen LogP contribution in [0.25, 0.3) is 44.2 Å². The number of anilines is 3. The van der Waals surface area contributed by atoms with E-state index < -0.39 is 5.41 Å². The van der Waals surface area contributed by atoms with E-state index >= 15 is 0 Å². The van der Waals surface area contributed by atoms with Crippen molar-refractivity contribution in [2.75, 3.05) is 4.90 Å². The molecule has 9 aromatic rings. The van der Waals surface area contributed by atoms with Crippen LogP contribution in [0.3, 0.4) is 0 Å². The van der Waals surface area contributed by atoms with Crippen molar-refractivity contribution in [3.63, 3.8) is 0 Å². The summed E-state index contributed by atoms with van der Waals surface area (Å²) in [6, 6.07) is 64.0. The lowest BCUT2D eigenvalue weighted by Crippen LogP contribution is -2.43. The van der Waals surface area contributed by atoms with Gasteiger partial charge >= 0.3 is 0 Å². The maximum absolute atomic E-state index is 7.02. The first-order chi connectivity index (χ1) is 28.3. The highest BCUT2D eigenvalue weighted by Crippen LogP contribution is 2.63. The molecule has 1 aromatic heterocycles. The second-order valence-corrected chi connectivity index (χ2v) is 17.2. The van der Waals surface area contributed by atoms with E-state index in [4.69, 9.17) is 9.15 Å². The minimum atomic E-state index is -0.569. The summed E-state index contributed by atoms with van der Waals surface area (Å²) in [5, 5.41) is 2.19. The molecule has 0 fully saturated rings. The Morgan fingerprint density at radius 2 is 0.983 bits per heavy atom. The third-order valence-corrected chi connectivity index (χ3v) is 14.1. The van der Waals surface area contributed by atoms with Gasteiger partial charge in [-0.3, -0.25) is 0 Å². The van der Waals surface area contributed by atoms with Crippen molar-refractivity contribution in [1.29, 1.82) is 0 Å². The molecule has 278 valence electrons. The maximum Gasteiger partial charge on any atom is 0.137 e. The van der Waals surface area contributed by atoms with Crippen LogP contribution in [-0.4, -0.2) is 0 Å². The van der Waals surface area contributed by atoms with Crippen LogP contribution in [0.1, 0.15) is 61.1 Å². The molecule has 0 amide bonds. The minimum absolute atomic E-state index is 0.0763. The fraction of sp³-hybridized carbons (Fsp3) is 0.127. The molecule has 3 nitrogen and oxygen atoms in total. The third-order valence-electron chi connectivity index (χ3n) is 14.1. The van der Waals surface area contributed by atoms with Gasteiger partial charge in [0.25, 0.3) is 0 Å². The summed E-state index contributed by atoms with van der Waals surface area (Å²) in [5.41, 5.74) is 16.8. The molecule has 3 aliphatic rings. The van der Waals surface area contributed by atoms with E-state index in [1.807, 2.05) is 0 Å². The van der Waals surface area contributed by atoms with E-state index in [9.17, 15) is 0 Å². The zero-order valence-corrected chi connectivity index (χ0v) is 33.0. The maximum atomic E-state index is 7.02. The van der Waals surface area contributed by atoms with Crippen molar-refractivity contribution in [1.82, 2.24) is 0 Å². The lowest BCUT2D eigenvalue weighted by Gasteiger charge is -2.49. The molecule has 0 atom stereocenters. The van der Waals surface area contributed by atoms with Gasteiger partial charge in [-0.1, -0.05) is 149 Å². The van der Waals surface area contributed by atoms with Gasteiger partial charge in [0.1, 0.15) is 22.7 Å². The Kier molecular flexibility index (Phi) is 6.67. The number of nitrogens with zero attached hydrogens (tertiary/aromatic N) is 1. The van der Waals surface area contributed by atoms with Crippen molar-refractivity contribution in [3.8, 4) is 33.8 Å². The van der Waals surface area contributed by atoms with Crippen LogP contribution in [0.15, 0.2) is 180 Å². The zero-order valence-electron chi connectivity index (χ0n) is 33.0. The van der Waals surface area contributed by atoms with Gasteiger partial charge in [-0.25, -0.2) is 0 Å². The molecule has 0 bridgehead atoms. The first-order valence-electron chi connectivity index (χ1n) is 20.4. The monoisotopic (exact) mass is 747 g/mol. The van der Waals surface area contributed by atoms with Gasteiger partial charge < -0.3 is 14.1 Å². The number of hydrogen-bond donors (Lipinski definition) is 0. The quantitative estimate of drug-likeness (QED) is 0.180. The topological polar surface area (TPSA) is 25.6 Å². The van der Waals surface area contributed by atoms with Gasteiger partial charge in [-0.15, -0.1) is 0 Å². The van der Waals surface area contributed by atoms with Crippen molar-refractivity contribution >= 4 is 39.0 Å². The third kappa shape index (κ3) is 4.13. The van der Waals surface area contributed by atoms with Crippen LogP contribution in [0, 0.1) is 0 Å². The summed E-state index contributed by atoms with van der Waals surface area (Å²) in [7, 11) is 0. The lowest BCUT2D eigenvalue weighted by atomic mass is 9.55. The molecular formula is C55H41NO2. The highest BCUT2D eigenvalue weighted by molar-refractivity contribution is 6.16. The highest BCUT2D eigenvalue weighted by Gasteiger charge is 2.51. The van der Waals surface area contributed by atoms with Crippen molar-refractivity contribution in [3.05, 3.63) is 209 Å². The molecule has 0 radical (unpaired) electrons. The van der Waals surface area contributed by atoms with Crippen molar-refractivity contribution in [2.45, 2.75) is 43.9 Å². The Morgan fingerprint density at radius 3 is 1.72 bits per heavy atom. The summed E-state index contributed by atoms with van der Waals surface area (Å²) >= 11 is 0. The van der Waals surface area contributed by atoms with Crippen LogP contribution < -0.4 is 9.64 Å². The first kappa shape index (κ1) is 33.3. The van der Waals surface area contributed by atoms with E-state index in [2.05, 4.69) is 209 Å². The molecular weight excluding hydrogens is 707 g/mol. The van der Waals surface area contributed by atoms with E-state index in [0.29, 0.717) is 0 Å². The van der Waals surface area contributed by atoms with E-state index in [0.717, 1.165) is 61.6 Å². The average molecular weight is 748 g/mol. The van der Waals surface area contributed by atoms with Gasteiger partial charge in [0, 0.05) is 27.8 Å². The largest absolute Gasteiger partial charge is 0.457 e. The number of rotatable bonds is 3. The van der Waals surface area contributed by atoms with Gasteiger partial charge in [0.05, 0.1) is 22.2 Å². The predicted molar refractivity (Wildman–Crippen MR) is 237 cm³/mol. The van der Waals surface area contributed by atoms with E-state index in [1.165, 1.54) is 44.5 Å². The average Bonchev–Trinajstić information content (AvgIpc) is 3.76. The fourth-order valence-electron chi connectivity index (χ4n) is 10.8. The number of ether oxygens (including phenoxy) is 1. The predicted octanol–water partition coefficient (Wildman–Crippen LogP) is 14.8. The summed E-state index contributed by atoms with van der Waals surface area (Å²) in [5.74, 6) is 1.77. The molecule has 2 heterocycles. The molecule has 8 aromatic carbocycles. The smallest absolute Gasteiger partial charge is 0.137 e. The zero-order chi connectivity index (χ0) is 39.0. The first-order valence-corrected chi connectivity index (χ1v) is 20.4. The highest BCUT2D eigenvalue weighted by atomic mass is 16.5. The molecule has 2 aliphatic carbocycles. The number of benzene rings is 8. The normalized spacial score (nSPS) is 15.8. The SMILES string of the molecule is CC1(C)c2ccccc2-c2c(N(c3ccccc3)c3cccc4oc5cc6c(cc5c34)-c3ccccc3C63c4ccccc4Oc4ccccc43)cccc2C1(C)C. The second kappa shape index (κ2) is 11.6.